The maximum absolute atomic E-state index is 14.5. The zero-order chi connectivity index (χ0) is 39.3. The summed E-state index contributed by atoms with van der Waals surface area (Å²) in [5.74, 6) is -3.42. The van der Waals surface area contributed by atoms with Gasteiger partial charge in [-0.25, -0.2) is 0 Å². The Balaban J connectivity index is 1.53. The third kappa shape index (κ3) is 7.27. The van der Waals surface area contributed by atoms with Crippen LogP contribution in [0.2, 0.25) is 0 Å². The van der Waals surface area contributed by atoms with Gasteiger partial charge in [-0.05, 0) is 25.1 Å². The summed E-state index contributed by atoms with van der Waals surface area (Å²) in [4.78, 5) is 14.5. The lowest BCUT2D eigenvalue weighted by molar-refractivity contribution is -0.278. The summed E-state index contributed by atoms with van der Waals surface area (Å²) in [7, 11) is 0. The van der Waals surface area contributed by atoms with Gasteiger partial charge in [0.2, 0.25) is 30.0 Å². The number of hydrogen-bond donors (Lipinski definition) is 13. The van der Waals surface area contributed by atoms with Crippen molar-refractivity contribution in [1.82, 2.24) is 0 Å². The van der Waals surface area contributed by atoms with Crippen LogP contribution in [-0.2, 0) is 14.2 Å². The third-order valence-electron chi connectivity index (χ3n) is 9.36. The first-order chi connectivity index (χ1) is 25.6. The molecule has 0 radical (unpaired) electrons. The minimum absolute atomic E-state index is 0.116. The normalized spacial score (nSPS) is 37.2. The number of aliphatic hydroxyl groups is 11. The Labute approximate surface area is 303 Å². The summed E-state index contributed by atoms with van der Waals surface area (Å²) in [6.07, 6.45) is -26.1. The first kappa shape index (κ1) is 39.8. The van der Waals surface area contributed by atoms with Gasteiger partial charge in [-0.1, -0.05) is 0 Å². The maximum atomic E-state index is 14.5. The summed E-state index contributed by atoms with van der Waals surface area (Å²) in [5, 5.41) is 133. The highest BCUT2D eigenvalue weighted by molar-refractivity contribution is 5.89. The zero-order valence-corrected chi connectivity index (χ0v) is 28.0. The van der Waals surface area contributed by atoms with Crippen molar-refractivity contribution in [3.63, 3.8) is 0 Å². The Kier molecular flexibility index (Phi) is 11.5. The molecule has 54 heavy (non-hydrogen) atoms. The van der Waals surface area contributed by atoms with Crippen molar-refractivity contribution in [2.75, 3.05) is 13.2 Å². The van der Waals surface area contributed by atoms with Crippen molar-refractivity contribution in [2.24, 2.45) is 0 Å². The second-order valence-corrected chi connectivity index (χ2v) is 13.0. The van der Waals surface area contributed by atoms with E-state index in [9.17, 15) is 71.2 Å². The molecule has 3 aliphatic heterocycles. The number of ether oxygens (including phenoxy) is 6. The standard InChI is InChI=1S/C33H40O21/c1-9-19(38)23(42)26(45)31(48-9)54-30-22(41)18-14(50-29(30)10-2-3-12(36)13(37)4-10)5-11(49-32-27(46)24(43)20(39)16(7-34)52-32)6-15(18)51-33-28(47)25(44)21(40)17(8-35)53-33/h2-6,9,16-17,19-21,23-28,31-40,42-47H,7-8H2,1H3/t9-,16-,17-,19-,20-,21-,23+,24+,25+,26+,27-,28-,31?,32?,33?/m1/s1. The molecule has 0 bridgehead atoms. The van der Waals surface area contributed by atoms with Crippen LogP contribution >= 0.6 is 0 Å². The molecule has 3 saturated heterocycles. The van der Waals surface area contributed by atoms with E-state index in [0.29, 0.717) is 0 Å². The van der Waals surface area contributed by atoms with Crippen molar-refractivity contribution >= 4 is 11.0 Å². The SMILES string of the molecule is C[C@H]1OC(Oc2c(-c3ccc(O)c(O)c3)oc3cc(OC4O[C@H](CO)[C@@H](O)[C@H](O)[C@H]4O)cc(OC4O[C@H](CO)[C@@H](O)[C@H](O)[C@H]4O)c3c2=O)[C@@H](O)[C@@H](O)[C@@H]1O. The fourth-order valence-electron chi connectivity index (χ4n) is 6.18. The van der Waals surface area contributed by atoms with Gasteiger partial charge >= 0.3 is 0 Å². The van der Waals surface area contributed by atoms with Crippen molar-refractivity contribution in [2.45, 2.75) is 99.0 Å². The van der Waals surface area contributed by atoms with Crippen LogP contribution in [0, 0.1) is 0 Å². The van der Waals surface area contributed by atoms with Gasteiger partial charge in [-0.15, -0.1) is 0 Å². The number of rotatable bonds is 9. The molecule has 21 heteroatoms. The molecule has 6 rings (SSSR count). The van der Waals surface area contributed by atoms with Crippen LogP contribution in [0.3, 0.4) is 0 Å². The quantitative estimate of drug-likeness (QED) is 0.0910. The highest BCUT2D eigenvalue weighted by Crippen LogP contribution is 2.41. The van der Waals surface area contributed by atoms with E-state index in [4.69, 9.17) is 32.8 Å². The predicted molar refractivity (Wildman–Crippen MR) is 173 cm³/mol. The molecule has 0 amide bonds. The van der Waals surface area contributed by atoms with E-state index >= 15 is 0 Å². The second-order valence-electron chi connectivity index (χ2n) is 13.0. The molecule has 0 saturated carbocycles. The average molecular weight is 773 g/mol. The number of aromatic hydroxyl groups is 2. The van der Waals surface area contributed by atoms with Crippen LogP contribution in [0.1, 0.15) is 6.92 Å². The van der Waals surface area contributed by atoms with Gasteiger partial charge in [0.1, 0.15) is 89.6 Å². The van der Waals surface area contributed by atoms with E-state index in [-0.39, 0.29) is 11.3 Å². The first-order valence-electron chi connectivity index (χ1n) is 16.5. The number of phenols is 2. The molecular formula is C33H40O21. The smallest absolute Gasteiger partial charge is 0.239 e. The van der Waals surface area contributed by atoms with Crippen molar-refractivity contribution < 1.29 is 99.2 Å². The topological polar surface area (TPSA) is 349 Å². The van der Waals surface area contributed by atoms with Crippen molar-refractivity contribution in [3.8, 4) is 40.1 Å². The lowest BCUT2D eigenvalue weighted by Gasteiger charge is -2.40. The summed E-state index contributed by atoms with van der Waals surface area (Å²) in [6, 6.07) is 5.25. The Morgan fingerprint density at radius 1 is 0.611 bits per heavy atom. The Morgan fingerprint density at radius 3 is 1.70 bits per heavy atom. The van der Waals surface area contributed by atoms with Gasteiger partial charge in [0.15, 0.2) is 17.3 Å². The summed E-state index contributed by atoms with van der Waals surface area (Å²) >= 11 is 0. The van der Waals surface area contributed by atoms with Gasteiger partial charge < -0.3 is 99.2 Å². The molecule has 21 nitrogen and oxygen atoms in total. The van der Waals surface area contributed by atoms with Crippen LogP contribution in [0.25, 0.3) is 22.3 Å². The van der Waals surface area contributed by atoms with Gasteiger partial charge in [0.25, 0.3) is 0 Å². The van der Waals surface area contributed by atoms with E-state index in [1.165, 1.54) is 13.0 Å². The number of fused-ring (bicyclic) bond motifs is 1. The summed E-state index contributed by atoms with van der Waals surface area (Å²) < 4.78 is 39.9. The molecule has 3 aromatic rings. The lowest BCUT2D eigenvalue weighted by Crippen LogP contribution is -2.60. The number of hydrogen-bond acceptors (Lipinski definition) is 21. The zero-order valence-electron chi connectivity index (χ0n) is 28.0. The van der Waals surface area contributed by atoms with Gasteiger partial charge in [0.05, 0.1) is 19.3 Å². The molecule has 3 aliphatic rings. The molecule has 3 fully saturated rings. The largest absolute Gasteiger partial charge is 0.504 e. The molecular weight excluding hydrogens is 732 g/mol. The van der Waals surface area contributed by atoms with Crippen LogP contribution < -0.4 is 19.6 Å². The fraction of sp³-hybridized carbons (Fsp3) is 0.545. The third-order valence-corrected chi connectivity index (χ3v) is 9.36. The lowest BCUT2D eigenvalue weighted by atomic mass is 9.99. The van der Waals surface area contributed by atoms with Crippen molar-refractivity contribution in [3.05, 3.63) is 40.6 Å². The molecule has 15 atom stereocenters. The van der Waals surface area contributed by atoms with E-state index in [0.717, 1.165) is 24.3 Å². The van der Waals surface area contributed by atoms with Crippen LogP contribution in [0.5, 0.6) is 28.7 Å². The van der Waals surface area contributed by atoms with E-state index < -0.39 is 150 Å². The minimum Gasteiger partial charge on any atom is -0.504 e. The van der Waals surface area contributed by atoms with Crippen LogP contribution in [-0.4, -0.2) is 172 Å². The second kappa shape index (κ2) is 15.7. The molecule has 13 N–H and O–H groups in total. The van der Waals surface area contributed by atoms with Gasteiger partial charge in [0, 0.05) is 17.7 Å². The van der Waals surface area contributed by atoms with E-state index in [1.54, 1.807) is 0 Å². The van der Waals surface area contributed by atoms with E-state index in [2.05, 4.69) is 0 Å². The Bertz CT molecular complexity index is 1850. The molecule has 4 heterocycles. The molecule has 1 aromatic heterocycles. The highest BCUT2D eigenvalue weighted by atomic mass is 16.7. The Morgan fingerprint density at radius 2 is 1.15 bits per heavy atom. The molecule has 2 aromatic carbocycles. The summed E-state index contributed by atoms with van der Waals surface area (Å²) in [6.45, 7) is -0.304. The number of phenolic OH excluding ortho intramolecular Hbond substituents is 2. The first-order valence-corrected chi connectivity index (χ1v) is 16.5. The predicted octanol–water partition coefficient (Wildman–Crippen LogP) is -4.57. The van der Waals surface area contributed by atoms with Gasteiger partial charge in [-0.3, -0.25) is 4.79 Å². The summed E-state index contributed by atoms with van der Waals surface area (Å²) in [5.41, 5.74) is -1.68. The Hall–Kier alpha value is -3.91. The maximum Gasteiger partial charge on any atom is 0.239 e. The molecule has 0 spiro atoms. The monoisotopic (exact) mass is 772 g/mol. The minimum atomic E-state index is -2.00. The molecule has 298 valence electrons. The van der Waals surface area contributed by atoms with Crippen LogP contribution in [0.4, 0.5) is 0 Å². The number of aliphatic hydroxyl groups excluding tert-OH is 11. The van der Waals surface area contributed by atoms with Crippen molar-refractivity contribution in [1.29, 1.82) is 0 Å². The molecule has 0 aliphatic carbocycles. The fourth-order valence-corrected chi connectivity index (χ4v) is 6.18. The van der Waals surface area contributed by atoms with Crippen LogP contribution in [0.15, 0.2) is 39.5 Å². The molecule has 3 unspecified atom stereocenters. The number of benzene rings is 2. The van der Waals surface area contributed by atoms with E-state index in [1.807, 2.05) is 0 Å². The average Bonchev–Trinajstić information content (AvgIpc) is 3.15. The van der Waals surface area contributed by atoms with Gasteiger partial charge in [-0.2, -0.15) is 0 Å². The highest BCUT2D eigenvalue weighted by Gasteiger charge is 2.47.